The number of hydrogen-bond acceptors (Lipinski definition) is 4. The van der Waals surface area contributed by atoms with Gasteiger partial charge in [-0.05, 0) is 50.4 Å². The third-order valence-electron chi connectivity index (χ3n) is 4.18. The first-order chi connectivity index (χ1) is 11.2. The molecule has 5 heteroatoms. The van der Waals surface area contributed by atoms with Crippen molar-refractivity contribution in [1.82, 2.24) is 10.6 Å². The van der Waals surface area contributed by atoms with Gasteiger partial charge in [-0.25, -0.2) is 0 Å². The number of ether oxygens (including phenoxy) is 2. The Morgan fingerprint density at radius 2 is 2.26 bits per heavy atom. The lowest BCUT2D eigenvalue weighted by molar-refractivity contribution is -0.123. The Kier molecular flexibility index (Phi) is 6.71. The van der Waals surface area contributed by atoms with E-state index in [4.69, 9.17) is 9.47 Å². The summed E-state index contributed by atoms with van der Waals surface area (Å²) in [5.41, 5.74) is 1.01. The highest BCUT2D eigenvalue weighted by atomic mass is 16.5. The summed E-state index contributed by atoms with van der Waals surface area (Å²) in [5.74, 6) is 1.52. The van der Waals surface area contributed by atoms with Crippen LogP contribution in [-0.2, 0) is 4.79 Å². The van der Waals surface area contributed by atoms with Crippen LogP contribution >= 0.6 is 0 Å². The smallest absolute Gasteiger partial charge is 0.237 e. The van der Waals surface area contributed by atoms with Crippen LogP contribution in [0.4, 0.5) is 0 Å². The zero-order chi connectivity index (χ0) is 16.7. The monoisotopic (exact) mass is 320 g/mol. The van der Waals surface area contributed by atoms with E-state index in [1.165, 1.54) is 0 Å². The molecule has 1 saturated heterocycles. The maximum Gasteiger partial charge on any atom is 0.237 e. The number of methoxy groups -OCH3 is 1. The van der Waals surface area contributed by atoms with Crippen LogP contribution in [0.3, 0.4) is 0 Å². The van der Waals surface area contributed by atoms with Gasteiger partial charge in [0.05, 0.1) is 25.8 Å². The van der Waals surface area contributed by atoms with Gasteiger partial charge < -0.3 is 20.1 Å². The standard InChI is InChI=1S/C18H28N2O3/c1-4-5-11-23-16-9-8-14(12-17(16)22-3)13(2)20-18(21)15-7-6-10-19-15/h8-9,12-13,15,19H,4-7,10-11H2,1-3H3,(H,20,21). The van der Waals surface area contributed by atoms with Gasteiger partial charge in [-0.1, -0.05) is 19.4 Å². The second-order valence-corrected chi connectivity index (χ2v) is 5.99. The largest absolute Gasteiger partial charge is 0.493 e. The summed E-state index contributed by atoms with van der Waals surface area (Å²) >= 11 is 0. The molecule has 0 bridgehead atoms. The van der Waals surface area contributed by atoms with Crippen LogP contribution in [0.25, 0.3) is 0 Å². The number of hydrogen-bond donors (Lipinski definition) is 2. The summed E-state index contributed by atoms with van der Waals surface area (Å²) in [5, 5.41) is 6.28. The van der Waals surface area contributed by atoms with Crippen molar-refractivity contribution in [2.75, 3.05) is 20.3 Å². The van der Waals surface area contributed by atoms with Gasteiger partial charge in [0.25, 0.3) is 0 Å². The van der Waals surface area contributed by atoms with Crippen molar-refractivity contribution in [2.45, 2.75) is 51.6 Å². The minimum Gasteiger partial charge on any atom is -0.493 e. The normalized spacial score (nSPS) is 18.5. The minimum absolute atomic E-state index is 0.0593. The maximum absolute atomic E-state index is 12.2. The molecule has 1 amide bonds. The SMILES string of the molecule is CCCCOc1ccc(C(C)NC(=O)C2CCCN2)cc1OC. The molecule has 1 aromatic carbocycles. The van der Waals surface area contributed by atoms with Crippen LogP contribution in [0.1, 0.15) is 51.1 Å². The van der Waals surface area contributed by atoms with Crippen molar-refractivity contribution < 1.29 is 14.3 Å². The maximum atomic E-state index is 12.2. The summed E-state index contributed by atoms with van der Waals surface area (Å²) in [7, 11) is 1.64. The molecule has 0 aromatic heterocycles. The van der Waals surface area contributed by atoms with Gasteiger partial charge in [0, 0.05) is 0 Å². The Balaban J connectivity index is 1.99. The van der Waals surface area contributed by atoms with E-state index in [1.807, 2.05) is 25.1 Å². The predicted octanol–water partition coefficient (Wildman–Crippen LogP) is 2.80. The van der Waals surface area contributed by atoms with E-state index in [2.05, 4.69) is 17.6 Å². The fourth-order valence-electron chi connectivity index (χ4n) is 2.70. The van der Waals surface area contributed by atoms with Gasteiger partial charge in [0.2, 0.25) is 5.91 Å². The van der Waals surface area contributed by atoms with Crippen molar-refractivity contribution in [3.05, 3.63) is 23.8 Å². The average Bonchev–Trinajstić information content (AvgIpc) is 3.09. The molecule has 2 unspecified atom stereocenters. The fraction of sp³-hybridized carbons (Fsp3) is 0.611. The lowest BCUT2D eigenvalue weighted by Crippen LogP contribution is -2.41. The second kappa shape index (κ2) is 8.77. The van der Waals surface area contributed by atoms with Crippen LogP contribution in [0.15, 0.2) is 18.2 Å². The number of nitrogens with one attached hydrogen (secondary N) is 2. The molecule has 1 aliphatic heterocycles. The van der Waals surface area contributed by atoms with Crippen molar-refractivity contribution >= 4 is 5.91 Å². The molecule has 23 heavy (non-hydrogen) atoms. The van der Waals surface area contributed by atoms with Gasteiger partial charge in [-0.15, -0.1) is 0 Å². The van der Waals surface area contributed by atoms with Crippen molar-refractivity contribution in [1.29, 1.82) is 0 Å². The van der Waals surface area contributed by atoms with Crippen molar-refractivity contribution in [3.63, 3.8) is 0 Å². The Bertz CT molecular complexity index is 513. The Hall–Kier alpha value is -1.75. The predicted molar refractivity (Wildman–Crippen MR) is 91.0 cm³/mol. The van der Waals surface area contributed by atoms with Crippen LogP contribution in [-0.4, -0.2) is 32.2 Å². The summed E-state index contributed by atoms with van der Waals surface area (Å²) in [6, 6.07) is 5.71. The number of carbonyl (C=O) groups excluding carboxylic acids is 1. The van der Waals surface area contributed by atoms with Gasteiger partial charge >= 0.3 is 0 Å². The Morgan fingerprint density at radius 3 is 2.91 bits per heavy atom. The molecule has 1 heterocycles. The third kappa shape index (κ3) is 4.86. The molecule has 1 aromatic rings. The lowest BCUT2D eigenvalue weighted by atomic mass is 10.1. The summed E-state index contributed by atoms with van der Waals surface area (Å²) in [4.78, 5) is 12.2. The van der Waals surface area contributed by atoms with Gasteiger partial charge in [0.15, 0.2) is 11.5 Å². The zero-order valence-corrected chi connectivity index (χ0v) is 14.4. The summed E-state index contributed by atoms with van der Waals surface area (Å²) in [6.07, 6.45) is 4.08. The van der Waals surface area contributed by atoms with E-state index in [9.17, 15) is 4.79 Å². The molecule has 2 atom stereocenters. The highest BCUT2D eigenvalue weighted by Crippen LogP contribution is 2.30. The minimum atomic E-state index is -0.0662. The number of benzene rings is 1. The highest BCUT2D eigenvalue weighted by molar-refractivity contribution is 5.82. The first-order valence-electron chi connectivity index (χ1n) is 8.50. The fourth-order valence-corrected chi connectivity index (χ4v) is 2.70. The van der Waals surface area contributed by atoms with Gasteiger partial charge in [0.1, 0.15) is 0 Å². The van der Waals surface area contributed by atoms with E-state index in [0.717, 1.165) is 43.5 Å². The first kappa shape index (κ1) is 17.6. The van der Waals surface area contributed by atoms with E-state index in [1.54, 1.807) is 7.11 Å². The molecule has 5 nitrogen and oxygen atoms in total. The molecule has 0 spiro atoms. The molecule has 2 rings (SSSR count). The zero-order valence-electron chi connectivity index (χ0n) is 14.4. The van der Waals surface area contributed by atoms with Crippen LogP contribution in [0.5, 0.6) is 11.5 Å². The third-order valence-corrected chi connectivity index (χ3v) is 4.18. The van der Waals surface area contributed by atoms with E-state index < -0.39 is 0 Å². The molecule has 1 aliphatic rings. The molecule has 0 saturated carbocycles. The van der Waals surface area contributed by atoms with E-state index >= 15 is 0 Å². The van der Waals surface area contributed by atoms with Gasteiger partial charge in [-0.3, -0.25) is 4.79 Å². The molecular weight excluding hydrogens is 292 g/mol. The van der Waals surface area contributed by atoms with E-state index in [0.29, 0.717) is 12.4 Å². The topological polar surface area (TPSA) is 59.6 Å². The van der Waals surface area contributed by atoms with Crippen LogP contribution in [0, 0.1) is 0 Å². The number of amides is 1. The highest BCUT2D eigenvalue weighted by Gasteiger charge is 2.23. The summed E-state index contributed by atoms with van der Waals surface area (Å²) < 4.78 is 11.2. The molecule has 128 valence electrons. The van der Waals surface area contributed by atoms with Gasteiger partial charge in [-0.2, -0.15) is 0 Å². The number of unbranched alkanes of at least 4 members (excludes halogenated alkanes) is 1. The Labute approximate surface area is 138 Å². The average molecular weight is 320 g/mol. The molecular formula is C18H28N2O3. The molecule has 2 N–H and O–H groups in total. The number of carbonyl (C=O) groups is 1. The Morgan fingerprint density at radius 1 is 1.43 bits per heavy atom. The van der Waals surface area contributed by atoms with E-state index in [-0.39, 0.29) is 18.0 Å². The van der Waals surface area contributed by atoms with Crippen LogP contribution in [0.2, 0.25) is 0 Å². The summed E-state index contributed by atoms with van der Waals surface area (Å²) in [6.45, 7) is 5.72. The van der Waals surface area contributed by atoms with Crippen LogP contribution < -0.4 is 20.1 Å². The number of rotatable bonds is 8. The molecule has 0 aliphatic carbocycles. The van der Waals surface area contributed by atoms with Crippen molar-refractivity contribution in [2.24, 2.45) is 0 Å². The second-order valence-electron chi connectivity index (χ2n) is 5.99. The molecule has 0 radical (unpaired) electrons. The first-order valence-corrected chi connectivity index (χ1v) is 8.50. The molecule has 1 fully saturated rings. The lowest BCUT2D eigenvalue weighted by Gasteiger charge is -2.19. The van der Waals surface area contributed by atoms with Crippen molar-refractivity contribution in [3.8, 4) is 11.5 Å². The quantitative estimate of drug-likeness (QED) is 0.723.